The predicted octanol–water partition coefficient (Wildman–Crippen LogP) is 11.8. The van der Waals surface area contributed by atoms with Gasteiger partial charge in [-0.05, 0) is 122 Å². The van der Waals surface area contributed by atoms with Gasteiger partial charge in [0.15, 0.2) is 0 Å². The Kier molecular flexibility index (Phi) is 6.09. The van der Waals surface area contributed by atoms with Crippen molar-refractivity contribution >= 4 is 28.1 Å². The number of nitrogens with zero attached hydrogens (tertiary/aromatic N) is 1. The lowest BCUT2D eigenvalue weighted by Gasteiger charge is -2.50. The summed E-state index contributed by atoms with van der Waals surface area (Å²) in [5, 5.41) is 2.93. The van der Waals surface area contributed by atoms with Gasteiger partial charge in [-0.2, -0.15) is 0 Å². The molecule has 0 bridgehead atoms. The molecule has 1 nitrogen and oxygen atoms in total. The molecule has 0 radical (unpaired) electrons. The zero-order valence-corrected chi connectivity index (χ0v) is 28.4. The summed E-state index contributed by atoms with van der Waals surface area (Å²) in [4.78, 5) is 2.83. The highest BCUT2D eigenvalue weighted by molar-refractivity contribution is 6.03. The van der Waals surface area contributed by atoms with E-state index in [-0.39, 0.29) is 12.0 Å². The maximum atomic E-state index is 2.83. The van der Waals surface area contributed by atoms with Crippen molar-refractivity contribution in [1.29, 1.82) is 0 Å². The first-order valence-electron chi connectivity index (χ1n) is 17.7. The van der Waals surface area contributed by atoms with Gasteiger partial charge in [0, 0.05) is 29.1 Å². The van der Waals surface area contributed by atoms with Gasteiger partial charge in [0.2, 0.25) is 0 Å². The minimum Gasteiger partial charge on any atom is -0.336 e. The van der Waals surface area contributed by atoms with Crippen LogP contribution >= 0.6 is 0 Å². The van der Waals surface area contributed by atoms with E-state index in [1.54, 1.807) is 22.4 Å². The summed E-state index contributed by atoms with van der Waals surface area (Å²) in [7, 11) is 0. The van der Waals surface area contributed by atoms with Crippen LogP contribution in [0.5, 0.6) is 0 Å². The topological polar surface area (TPSA) is 3.24 Å². The maximum Gasteiger partial charge on any atom is 0.0629 e. The monoisotopic (exact) mass is 599 g/mol. The first kappa shape index (κ1) is 28.1. The molecule has 4 aromatic carbocycles. The second kappa shape index (κ2) is 9.95. The van der Waals surface area contributed by atoms with Crippen molar-refractivity contribution in [3.05, 3.63) is 135 Å². The van der Waals surface area contributed by atoms with Crippen LogP contribution in [0.2, 0.25) is 0 Å². The molecule has 0 aromatic heterocycles. The van der Waals surface area contributed by atoms with Crippen molar-refractivity contribution in [2.75, 3.05) is 4.90 Å². The molecule has 4 unspecified atom stereocenters. The minimum absolute atomic E-state index is 0.212. The van der Waals surface area contributed by atoms with E-state index in [0.29, 0.717) is 23.7 Å². The number of aryl methyl sites for hydroxylation is 2. The molecule has 0 amide bonds. The first-order chi connectivity index (χ1) is 22.3. The van der Waals surface area contributed by atoms with E-state index in [2.05, 4.69) is 138 Å². The highest BCUT2D eigenvalue weighted by Crippen LogP contribution is 2.62. The smallest absolute Gasteiger partial charge is 0.0629 e. The number of hydrogen-bond acceptors (Lipinski definition) is 1. The second-order valence-corrected chi connectivity index (χ2v) is 15.1. The van der Waals surface area contributed by atoms with Crippen LogP contribution in [0.1, 0.15) is 110 Å². The van der Waals surface area contributed by atoms with Gasteiger partial charge in [0.1, 0.15) is 0 Å². The fourth-order valence-corrected chi connectivity index (χ4v) is 10.1. The molecule has 4 aromatic rings. The van der Waals surface area contributed by atoms with Crippen molar-refractivity contribution in [2.45, 2.75) is 85.1 Å². The lowest BCUT2D eigenvalue weighted by molar-refractivity contribution is 0.481. The summed E-state index contributed by atoms with van der Waals surface area (Å²) in [5.41, 5.74) is 20.8. The van der Waals surface area contributed by atoms with Crippen molar-refractivity contribution in [1.82, 2.24) is 0 Å². The summed E-state index contributed by atoms with van der Waals surface area (Å²) in [6, 6.07) is 21.7. The van der Waals surface area contributed by atoms with Gasteiger partial charge >= 0.3 is 0 Å². The molecule has 0 saturated carbocycles. The summed E-state index contributed by atoms with van der Waals surface area (Å²) in [5.74, 6) is 2.06. The van der Waals surface area contributed by atoms with Crippen molar-refractivity contribution in [3.63, 3.8) is 0 Å². The minimum atomic E-state index is 0.212. The molecule has 9 rings (SSSR count). The van der Waals surface area contributed by atoms with Crippen LogP contribution in [0.3, 0.4) is 0 Å². The Labute approximate surface area is 275 Å². The average Bonchev–Trinajstić information content (AvgIpc) is 3.40. The Morgan fingerprint density at radius 1 is 0.826 bits per heavy atom. The Morgan fingerprint density at radius 3 is 2.37 bits per heavy atom. The van der Waals surface area contributed by atoms with E-state index in [1.807, 2.05) is 0 Å². The third-order valence-electron chi connectivity index (χ3n) is 12.0. The Bertz CT molecular complexity index is 2110. The van der Waals surface area contributed by atoms with Crippen LogP contribution in [-0.2, 0) is 6.42 Å². The van der Waals surface area contributed by atoms with Gasteiger partial charge in [0.05, 0.1) is 6.04 Å². The number of anilines is 1. The molecule has 1 aliphatic heterocycles. The van der Waals surface area contributed by atoms with E-state index >= 15 is 0 Å². The molecule has 0 spiro atoms. The first-order valence-corrected chi connectivity index (χ1v) is 17.7. The number of hydrogen-bond donors (Lipinski definition) is 0. The van der Waals surface area contributed by atoms with Crippen molar-refractivity contribution in [3.8, 4) is 11.1 Å². The van der Waals surface area contributed by atoms with Gasteiger partial charge in [-0.3, -0.25) is 0 Å². The molecule has 0 N–H and O–H groups in total. The van der Waals surface area contributed by atoms with Gasteiger partial charge in [-0.15, -0.1) is 0 Å². The standard InChI is InChI=1S/C45H45N/c1-8-28-13-10-14-30-31-15-11-17-38-43(31)44(40(28)30)35-16-9-12-26(6)45(35)46(38)39-23-37(25(4)5)33-19-18-29-27(7)22-36(24(2)3)32-20-21-34(39)42(33)41(29)32/h9-15,17-25,34-35,39,44H,8,16H2,1-7H3. The Hall–Kier alpha value is -4.10. The van der Waals surface area contributed by atoms with Crippen LogP contribution in [0.4, 0.5) is 5.69 Å². The molecule has 1 heteroatoms. The molecule has 230 valence electrons. The second-order valence-electron chi connectivity index (χ2n) is 15.1. The molecule has 4 atom stereocenters. The number of rotatable bonds is 4. The summed E-state index contributed by atoms with van der Waals surface area (Å²) >= 11 is 0. The third kappa shape index (κ3) is 3.58. The molecule has 0 saturated heterocycles. The molecule has 4 aliphatic carbocycles. The summed E-state index contributed by atoms with van der Waals surface area (Å²) in [6.07, 6.45) is 14.8. The largest absolute Gasteiger partial charge is 0.336 e. The lowest BCUT2D eigenvalue weighted by atomic mass is 9.68. The van der Waals surface area contributed by atoms with E-state index in [9.17, 15) is 0 Å². The Morgan fingerprint density at radius 2 is 1.61 bits per heavy atom. The van der Waals surface area contributed by atoms with Crippen LogP contribution in [0.15, 0.2) is 90.2 Å². The highest BCUT2D eigenvalue weighted by atomic mass is 15.2. The molecular weight excluding hydrogens is 555 g/mol. The van der Waals surface area contributed by atoms with Crippen LogP contribution in [-0.4, -0.2) is 6.04 Å². The zero-order valence-electron chi connectivity index (χ0n) is 28.4. The van der Waals surface area contributed by atoms with Crippen LogP contribution in [0, 0.1) is 18.8 Å². The fourth-order valence-electron chi connectivity index (χ4n) is 10.1. The zero-order chi connectivity index (χ0) is 31.6. The normalized spacial score (nSPS) is 23.3. The van der Waals surface area contributed by atoms with Crippen molar-refractivity contribution < 1.29 is 0 Å². The number of allylic oxidation sites excluding steroid dienone is 5. The highest BCUT2D eigenvalue weighted by Gasteiger charge is 2.49. The van der Waals surface area contributed by atoms with E-state index in [4.69, 9.17) is 0 Å². The molecule has 0 fully saturated rings. The van der Waals surface area contributed by atoms with Gasteiger partial charge in [-0.25, -0.2) is 0 Å². The molecule has 5 aliphatic rings. The summed E-state index contributed by atoms with van der Waals surface area (Å²) in [6.45, 7) is 16.5. The number of benzene rings is 4. The van der Waals surface area contributed by atoms with Crippen molar-refractivity contribution in [2.24, 2.45) is 11.8 Å². The van der Waals surface area contributed by atoms with E-state index < -0.39 is 0 Å². The quantitative estimate of drug-likeness (QED) is 0.226. The van der Waals surface area contributed by atoms with Gasteiger partial charge in [0.25, 0.3) is 0 Å². The predicted molar refractivity (Wildman–Crippen MR) is 197 cm³/mol. The fraction of sp³-hybridized carbons (Fsp3) is 0.333. The van der Waals surface area contributed by atoms with Crippen LogP contribution < -0.4 is 4.90 Å². The van der Waals surface area contributed by atoms with Gasteiger partial charge in [-0.1, -0.05) is 114 Å². The molecule has 1 heterocycles. The SMILES string of the molecule is CCc1cccc2c1C1c3c-2cccc3N(C2C=C(C(C)C)c3ccc4c(C)cc(C(C)C)c5c4c3C2C=C5)C2=C(C)C=CCC21. The Balaban J connectivity index is 1.34. The van der Waals surface area contributed by atoms with E-state index in [0.717, 1.165) is 12.8 Å². The average molecular weight is 600 g/mol. The number of fused-ring (bicyclic) bond motifs is 5. The van der Waals surface area contributed by atoms with E-state index in [1.165, 1.54) is 66.6 Å². The third-order valence-corrected chi connectivity index (χ3v) is 12.0. The van der Waals surface area contributed by atoms with Gasteiger partial charge < -0.3 is 4.90 Å². The maximum absolute atomic E-state index is 2.83. The van der Waals surface area contributed by atoms with Crippen LogP contribution in [0.25, 0.3) is 33.5 Å². The summed E-state index contributed by atoms with van der Waals surface area (Å²) < 4.78 is 0. The molecular formula is C45H45N. The molecule has 46 heavy (non-hydrogen) atoms. The lowest BCUT2D eigenvalue weighted by Crippen LogP contribution is -2.46.